The Labute approximate surface area is 103 Å². The highest BCUT2D eigenvalue weighted by Gasteiger charge is 2.41. The molecule has 0 radical (unpaired) electrons. The molecule has 0 aromatic rings. The third kappa shape index (κ3) is 2.99. The van der Waals surface area contributed by atoms with E-state index in [0.29, 0.717) is 18.6 Å². The van der Waals surface area contributed by atoms with Crippen molar-refractivity contribution >= 4 is 5.97 Å². The molecule has 4 heteroatoms. The number of nitrogens with zero attached hydrogens (tertiary/aromatic N) is 1. The Morgan fingerprint density at radius 3 is 2.71 bits per heavy atom. The first-order valence-electron chi connectivity index (χ1n) is 6.80. The van der Waals surface area contributed by atoms with Gasteiger partial charge >= 0.3 is 5.97 Å². The first-order valence-corrected chi connectivity index (χ1v) is 6.80. The lowest BCUT2D eigenvalue weighted by atomic mass is 10.0. The lowest BCUT2D eigenvalue weighted by molar-refractivity contribution is -0.145. The van der Waals surface area contributed by atoms with Gasteiger partial charge in [0.05, 0.1) is 0 Å². The average molecular weight is 240 g/mol. The molecule has 0 amide bonds. The second kappa shape index (κ2) is 4.94. The van der Waals surface area contributed by atoms with Crippen molar-refractivity contribution in [3.63, 3.8) is 0 Å². The van der Waals surface area contributed by atoms with E-state index < -0.39 is 11.5 Å². The molecule has 2 aliphatic rings. The Balaban J connectivity index is 1.98. The molecule has 1 aliphatic carbocycles. The van der Waals surface area contributed by atoms with Crippen molar-refractivity contribution in [2.24, 2.45) is 0 Å². The first-order chi connectivity index (χ1) is 8.05. The lowest BCUT2D eigenvalue weighted by Crippen LogP contribution is -2.58. The van der Waals surface area contributed by atoms with Crippen LogP contribution in [0.1, 0.15) is 46.0 Å². The smallest absolute Gasteiger partial charge is 0.324 e. The minimum Gasteiger partial charge on any atom is -0.480 e. The quantitative estimate of drug-likeness (QED) is 0.738. The number of hydrogen-bond donors (Lipinski definition) is 2. The van der Waals surface area contributed by atoms with Gasteiger partial charge in [-0.05, 0) is 45.6 Å². The maximum atomic E-state index is 11.5. The summed E-state index contributed by atoms with van der Waals surface area (Å²) in [7, 11) is 0. The molecule has 1 heterocycles. The highest BCUT2D eigenvalue weighted by Crippen LogP contribution is 2.26. The Bertz CT molecular complexity index is 291. The minimum absolute atomic E-state index is 0.429. The molecule has 17 heavy (non-hydrogen) atoms. The van der Waals surface area contributed by atoms with E-state index in [4.69, 9.17) is 0 Å². The van der Waals surface area contributed by atoms with Gasteiger partial charge in [0.2, 0.25) is 0 Å². The molecule has 0 bridgehead atoms. The van der Waals surface area contributed by atoms with E-state index in [1.165, 1.54) is 12.8 Å². The van der Waals surface area contributed by atoms with Crippen LogP contribution in [0.5, 0.6) is 0 Å². The number of hydrogen-bond acceptors (Lipinski definition) is 3. The molecule has 0 spiro atoms. The Hall–Kier alpha value is -0.610. The molecule has 4 nitrogen and oxygen atoms in total. The second-order valence-electron chi connectivity index (χ2n) is 5.73. The fraction of sp³-hybridized carbons (Fsp3) is 0.923. The summed E-state index contributed by atoms with van der Waals surface area (Å²) in [5, 5.41) is 12.7. The number of aliphatic carboxylic acids is 1. The summed E-state index contributed by atoms with van der Waals surface area (Å²) in [4.78, 5) is 13.8. The van der Waals surface area contributed by atoms with Crippen molar-refractivity contribution in [3.8, 4) is 0 Å². The highest BCUT2D eigenvalue weighted by atomic mass is 16.4. The van der Waals surface area contributed by atoms with Crippen LogP contribution < -0.4 is 5.32 Å². The summed E-state index contributed by atoms with van der Waals surface area (Å²) in [6.45, 7) is 5.71. The Kier molecular flexibility index (Phi) is 3.73. The number of likely N-dealkylation sites (tertiary alicyclic amines) is 1. The molecule has 98 valence electrons. The van der Waals surface area contributed by atoms with Gasteiger partial charge in [0.25, 0.3) is 0 Å². The van der Waals surface area contributed by atoms with Crippen LogP contribution in [0.3, 0.4) is 0 Å². The van der Waals surface area contributed by atoms with Crippen LogP contribution in [0.4, 0.5) is 0 Å². The van der Waals surface area contributed by atoms with E-state index in [1.54, 1.807) is 0 Å². The monoisotopic (exact) mass is 240 g/mol. The molecule has 0 aromatic carbocycles. The van der Waals surface area contributed by atoms with Gasteiger partial charge in [-0.15, -0.1) is 0 Å². The van der Waals surface area contributed by atoms with Crippen molar-refractivity contribution in [1.82, 2.24) is 10.2 Å². The molecule has 2 atom stereocenters. The molecule has 2 rings (SSSR count). The van der Waals surface area contributed by atoms with E-state index in [1.807, 2.05) is 6.92 Å². The van der Waals surface area contributed by atoms with Crippen LogP contribution in [0, 0.1) is 0 Å². The highest BCUT2D eigenvalue weighted by molar-refractivity contribution is 5.78. The van der Waals surface area contributed by atoms with Gasteiger partial charge in [0.1, 0.15) is 5.54 Å². The third-order valence-corrected chi connectivity index (χ3v) is 4.06. The molecular formula is C13H24N2O2. The van der Waals surface area contributed by atoms with Crippen LogP contribution in [0.25, 0.3) is 0 Å². The van der Waals surface area contributed by atoms with Crippen molar-refractivity contribution in [1.29, 1.82) is 0 Å². The fourth-order valence-electron chi connectivity index (χ4n) is 2.83. The third-order valence-electron chi connectivity index (χ3n) is 4.06. The van der Waals surface area contributed by atoms with Crippen molar-refractivity contribution < 1.29 is 9.90 Å². The van der Waals surface area contributed by atoms with Crippen LogP contribution in [0.15, 0.2) is 0 Å². The van der Waals surface area contributed by atoms with Crippen LogP contribution in [-0.4, -0.2) is 46.7 Å². The first kappa shape index (κ1) is 12.8. The van der Waals surface area contributed by atoms with Crippen molar-refractivity contribution in [2.75, 3.05) is 13.1 Å². The maximum Gasteiger partial charge on any atom is 0.324 e. The summed E-state index contributed by atoms with van der Waals surface area (Å²) in [5.74, 6) is -0.717. The van der Waals surface area contributed by atoms with Gasteiger partial charge in [0, 0.05) is 18.6 Å². The summed E-state index contributed by atoms with van der Waals surface area (Å²) >= 11 is 0. The molecule has 2 fully saturated rings. The summed E-state index contributed by atoms with van der Waals surface area (Å²) in [5.41, 5.74) is -0.779. The van der Waals surface area contributed by atoms with Gasteiger partial charge in [-0.3, -0.25) is 15.0 Å². The SMILES string of the molecule is CCC1CCCN1CC(C)(NC1CC1)C(=O)O. The molecule has 2 N–H and O–H groups in total. The maximum absolute atomic E-state index is 11.5. The van der Waals surface area contributed by atoms with Gasteiger partial charge in [-0.25, -0.2) is 0 Å². The van der Waals surface area contributed by atoms with Gasteiger partial charge in [-0.1, -0.05) is 6.92 Å². The second-order valence-corrected chi connectivity index (χ2v) is 5.73. The van der Waals surface area contributed by atoms with E-state index in [-0.39, 0.29) is 0 Å². The van der Waals surface area contributed by atoms with Crippen LogP contribution in [0.2, 0.25) is 0 Å². The molecule has 2 unspecified atom stereocenters. The van der Waals surface area contributed by atoms with Gasteiger partial charge < -0.3 is 5.11 Å². The van der Waals surface area contributed by atoms with Crippen molar-refractivity contribution in [3.05, 3.63) is 0 Å². The summed E-state index contributed by atoms with van der Waals surface area (Å²) < 4.78 is 0. The molecular weight excluding hydrogens is 216 g/mol. The topological polar surface area (TPSA) is 52.6 Å². The zero-order chi connectivity index (χ0) is 12.5. The molecule has 0 aromatic heterocycles. The predicted molar refractivity (Wildman–Crippen MR) is 67.1 cm³/mol. The number of nitrogens with one attached hydrogen (secondary N) is 1. The zero-order valence-corrected chi connectivity index (χ0v) is 10.9. The summed E-state index contributed by atoms with van der Waals surface area (Å²) in [6.07, 6.45) is 5.80. The van der Waals surface area contributed by atoms with E-state index in [0.717, 1.165) is 25.8 Å². The number of carboxylic acid groups (broad SMARTS) is 1. The number of carboxylic acids is 1. The molecule has 1 saturated carbocycles. The van der Waals surface area contributed by atoms with Crippen LogP contribution in [-0.2, 0) is 4.79 Å². The number of carbonyl (C=O) groups is 1. The minimum atomic E-state index is -0.779. The largest absolute Gasteiger partial charge is 0.480 e. The Morgan fingerprint density at radius 1 is 1.47 bits per heavy atom. The van der Waals surface area contributed by atoms with Crippen LogP contribution >= 0.6 is 0 Å². The molecule has 1 aliphatic heterocycles. The molecule has 1 saturated heterocycles. The van der Waals surface area contributed by atoms with Gasteiger partial charge in [-0.2, -0.15) is 0 Å². The predicted octanol–water partition coefficient (Wildman–Crippen LogP) is 1.46. The Morgan fingerprint density at radius 2 is 2.18 bits per heavy atom. The van der Waals surface area contributed by atoms with E-state index >= 15 is 0 Å². The standard InChI is InChI=1S/C13H24N2O2/c1-3-11-5-4-8-15(11)9-13(2,12(16)17)14-10-6-7-10/h10-11,14H,3-9H2,1-2H3,(H,16,17). The normalized spacial score (nSPS) is 29.2. The van der Waals surface area contributed by atoms with Crippen molar-refractivity contribution in [2.45, 2.75) is 63.6 Å². The van der Waals surface area contributed by atoms with E-state index in [9.17, 15) is 9.90 Å². The lowest BCUT2D eigenvalue weighted by Gasteiger charge is -2.34. The number of rotatable bonds is 6. The zero-order valence-electron chi connectivity index (χ0n) is 10.9. The average Bonchev–Trinajstić information content (AvgIpc) is 2.95. The van der Waals surface area contributed by atoms with E-state index in [2.05, 4.69) is 17.1 Å². The fourth-order valence-corrected chi connectivity index (χ4v) is 2.83. The summed E-state index contributed by atoms with van der Waals surface area (Å²) in [6, 6.07) is 1.01. The van der Waals surface area contributed by atoms with Gasteiger partial charge in [0.15, 0.2) is 0 Å².